The highest BCUT2D eigenvalue weighted by molar-refractivity contribution is 7.93. The molecule has 4 rings (SSSR count). The number of fused-ring (bicyclic) bond motifs is 1. The first-order valence-electron chi connectivity index (χ1n) is 11.0. The van der Waals surface area contributed by atoms with Gasteiger partial charge in [0.25, 0.3) is 15.9 Å². The molecule has 0 N–H and O–H groups in total. The molecule has 33 heavy (non-hydrogen) atoms. The number of rotatable bonds is 5. The molecule has 0 unspecified atom stereocenters. The smallest absolute Gasteiger partial charge is 0.338 e. The molecule has 1 saturated heterocycles. The largest absolute Gasteiger partial charge is 0.452 e. The van der Waals surface area contributed by atoms with Crippen molar-refractivity contribution in [2.24, 2.45) is 11.8 Å². The third kappa shape index (κ3) is 4.87. The summed E-state index contributed by atoms with van der Waals surface area (Å²) >= 11 is 6.23. The molecule has 2 heterocycles. The van der Waals surface area contributed by atoms with Crippen molar-refractivity contribution >= 4 is 39.2 Å². The Morgan fingerprint density at radius 1 is 1.09 bits per heavy atom. The minimum absolute atomic E-state index is 0.0169. The molecule has 1 amide bonds. The zero-order valence-electron chi connectivity index (χ0n) is 18.7. The molecule has 0 radical (unpaired) electrons. The topological polar surface area (TPSA) is 84.0 Å². The Bertz CT molecular complexity index is 1170. The Kier molecular flexibility index (Phi) is 6.68. The van der Waals surface area contributed by atoms with Gasteiger partial charge in [0.05, 0.1) is 16.3 Å². The van der Waals surface area contributed by atoms with Crippen LogP contribution in [0, 0.1) is 11.8 Å². The van der Waals surface area contributed by atoms with Crippen LogP contribution in [0.3, 0.4) is 0 Å². The summed E-state index contributed by atoms with van der Waals surface area (Å²) in [6, 6.07) is 11.3. The van der Waals surface area contributed by atoms with Gasteiger partial charge in [-0.25, -0.2) is 13.2 Å². The van der Waals surface area contributed by atoms with Gasteiger partial charge in [-0.2, -0.15) is 0 Å². The number of piperidine rings is 1. The van der Waals surface area contributed by atoms with Gasteiger partial charge in [-0.1, -0.05) is 43.6 Å². The van der Waals surface area contributed by atoms with Crippen LogP contribution < -0.4 is 4.31 Å². The molecular weight excluding hydrogens is 464 g/mol. The monoisotopic (exact) mass is 490 g/mol. The molecule has 0 spiro atoms. The van der Waals surface area contributed by atoms with E-state index in [9.17, 15) is 18.0 Å². The van der Waals surface area contributed by atoms with Crippen LogP contribution in [0.1, 0.15) is 36.2 Å². The Balaban J connectivity index is 1.49. The number of hydrogen-bond acceptors (Lipinski definition) is 5. The van der Waals surface area contributed by atoms with Crippen molar-refractivity contribution in [1.82, 2.24) is 4.90 Å². The molecule has 0 bridgehead atoms. The number of likely N-dealkylation sites (tertiary alicyclic amines) is 1. The van der Waals surface area contributed by atoms with Crippen LogP contribution in [0.2, 0.25) is 5.02 Å². The maximum Gasteiger partial charge on any atom is 0.338 e. The van der Waals surface area contributed by atoms with E-state index < -0.39 is 16.0 Å². The summed E-state index contributed by atoms with van der Waals surface area (Å²) in [6.07, 6.45) is 1.66. The number of carbonyl (C=O) groups excluding carboxylic acids is 2. The van der Waals surface area contributed by atoms with E-state index in [4.69, 9.17) is 16.3 Å². The summed E-state index contributed by atoms with van der Waals surface area (Å²) in [5, 5.41) is 0.0169. The lowest BCUT2D eigenvalue weighted by Gasteiger charge is -2.34. The van der Waals surface area contributed by atoms with Gasteiger partial charge in [0.15, 0.2) is 6.61 Å². The van der Waals surface area contributed by atoms with E-state index in [0.717, 1.165) is 12.0 Å². The first-order valence-corrected chi connectivity index (χ1v) is 12.8. The van der Waals surface area contributed by atoms with Gasteiger partial charge >= 0.3 is 5.97 Å². The molecule has 2 aromatic carbocycles. The second-order valence-corrected chi connectivity index (χ2v) is 11.2. The molecule has 0 aliphatic carbocycles. The summed E-state index contributed by atoms with van der Waals surface area (Å²) in [7, 11) is -3.98. The fourth-order valence-electron chi connectivity index (χ4n) is 4.67. The Morgan fingerprint density at radius 3 is 2.52 bits per heavy atom. The second kappa shape index (κ2) is 9.35. The number of nitrogens with zero attached hydrogens (tertiary/aromatic N) is 2. The number of hydrogen-bond donors (Lipinski definition) is 0. The highest BCUT2D eigenvalue weighted by Crippen LogP contribution is 2.35. The first-order chi connectivity index (χ1) is 15.7. The number of benzene rings is 2. The molecular formula is C24H27ClN2O5S. The zero-order valence-corrected chi connectivity index (χ0v) is 20.2. The van der Waals surface area contributed by atoms with Gasteiger partial charge in [-0.15, -0.1) is 0 Å². The van der Waals surface area contributed by atoms with Crippen LogP contribution in [-0.4, -0.2) is 51.4 Å². The van der Waals surface area contributed by atoms with Crippen LogP contribution in [0.25, 0.3) is 0 Å². The third-order valence-electron chi connectivity index (χ3n) is 6.13. The van der Waals surface area contributed by atoms with Crippen molar-refractivity contribution in [2.45, 2.75) is 31.6 Å². The predicted octanol–water partition coefficient (Wildman–Crippen LogP) is 3.75. The summed E-state index contributed by atoms with van der Waals surface area (Å²) in [6.45, 7) is 5.38. The lowest BCUT2D eigenvalue weighted by Crippen LogP contribution is -2.44. The molecule has 7 nitrogen and oxygen atoms in total. The van der Waals surface area contributed by atoms with Crippen molar-refractivity contribution < 1.29 is 22.7 Å². The van der Waals surface area contributed by atoms with Gasteiger partial charge in [-0.3, -0.25) is 9.10 Å². The molecule has 9 heteroatoms. The minimum atomic E-state index is -3.98. The molecule has 1 fully saturated rings. The Morgan fingerprint density at radius 2 is 1.79 bits per heavy atom. The van der Waals surface area contributed by atoms with Crippen LogP contribution in [0.15, 0.2) is 47.4 Å². The SMILES string of the molecule is C[C@H]1C[C@H](C)CN(C(=O)COC(=O)c2ccc(Cl)c(S(=O)(=O)N3CCc4ccccc43)c2)C1. The van der Waals surface area contributed by atoms with Gasteiger partial charge in [0.1, 0.15) is 4.90 Å². The van der Waals surface area contributed by atoms with E-state index in [1.807, 2.05) is 12.1 Å². The number of sulfonamides is 1. The molecule has 0 saturated carbocycles. The maximum absolute atomic E-state index is 13.4. The molecule has 2 aromatic rings. The third-order valence-corrected chi connectivity index (χ3v) is 8.42. The highest BCUT2D eigenvalue weighted by atomic mass is 35.5. The van der Waals surface area contributed by atoms with Crippen LogP contribution in [0.5, 0.6) is 0 Å². The summed E-state index contributed by atoms with van der Waals surface area (Å²) in [5.74, 6) is -0.227. The Labute approximate surface area is 199 Å². The van der Waals surface area contributed by atoms with E-state index in [2.05, 4.69) is 13.8 Å². The zero-order chi connectivity index (χ0) is 23.8. The number of amides is 1. The number of para-hydroxylation sites is 1. The second-order valence-electron chi connectivity index (χ2n) is 8.92. The van der Waals surface area contributed by atoms with Crippen molar-refractivity contribution in [1.29, 1.82) is 0 Å². The van der Waals surface area contributed by atoms with Crippen LogP contribution in [-0.2, 0) is 26.0 Å². The van der Waals surface area contributed by atoms with Crippen molar-refractivity contribution in [3.8, 4) is 0 Å². The fourth-order valence-corrected chi connectivity index (χ4v) is 6.68. The van der Waals surface area contributed by atoms with Crippen molar-refractivity contribution in [2.75, 3.05) is 30.5 Å². The van der Waals surface area contributed by atoms with Crippen LogP contribution >= 0.6 is 11.6 Å². The molecule has 2 atom stereocenters. The normalized spacial score (nSPS) is 20.5. The summed E-state index contributed by atoms with van der Waals surface area (Å²) < 4.78 is 33.2. The van der Waals surface area contributed by atoms with Gasteiger partial charge < -0.3 is 9.64 Å². The minimum Gasteiger partial charge on any atom is -0.452 e. The molecule has 2 aliphatic rings. The molecule has 0 aromatic heterocycles. The van der Waals surface area contributed by atoms with Gasteiger partial charge in [0.2, 0.25) is 0 Å². The average Bonchev–Trinajstić information content (AvgIpc) is 3.22. The Hall–Kier alpha value is -2.58. The lowest BCUT2D eigenvalue weighted by molar-refractivity contribution is -0.137. The number of carbonyl (C=O) groups is 2. The number of ether oxygens (including phenoxy) is 1. The summed E-state index contributed by atoms with van der Waals surface area (Å²) in [4.78, 5) is 26.7. The van der Waals surface area contributed by atoms with E-state index in [-0.39, 0.29) is 28.0 Å². The van der Waals surface area contributed by atoms with Crippen LogP contribution in [0.4, 0.5) is 5.69 Å². The predicted molar refractivity (Wildman–Crippen MR) is 126 cm³/mol. The lowest BCUT2D eigenvalue weighted by atomic mass is 9.92. The van der Waals surface area contributed by atoms with E-state index in [1.165, 1.54) is 22.5 Å². The number of esters is 1. The highest BCUT2D eigenvalue weighted by Gasteiger charge is 2.33. The van der Waals surface area contributed by atoms with Crippen molar-refractivity contribution in [3.63, 3.8) is 0 Å². The average molecular weight is 491 g/mol. The number of halogens is 1. The first kappa shape index (κ1) is 23.6. The maximum atomic E-state index is 13.4. The molecule has 2 aliphatic heterocycles. The fraction of sp³-hybridized carbons (Fsp3) is 0.417. The standard InChI is InChI=1S/C24H27ClN2O5S/c1-16-11-17(2)14-26(13-16)23(28)15-32-24(29)19-7-8-20(25)22(12-19)33(30,31)27-10-9-18-5-3-4-6-21(18)27/h3-8,12,16-17H,9-11,13-15H2,1-2H3/t16-,17-/m0/s1. The quantitative estimate of drug-likeness (QED) is 0.596. The van der Waals surface area contributed by atoms with E-state index >= 15 is 0 Å². The van der Waals surface area contributed by atoms with E-state index in [1.54, 1.807) is 17.0 Å². The summed E-state index contributed by atoms with van der Waals surface area (Å²) in [5.41, 5.74) is 1.57. The number of anilines is 1. The van der Waals surface area contributed by atoms with Gasteiger partial charge in [-0.05, 0) is 54.5 Å². The van der Waals surface area contributed by atoms with E-state index in [0.29, 0.717) is 43.6 Å². The van der Waals surface area contributed by atoms with Crippen molar-refractivity contribution in [3.05, 3.63) is 58.6 Å². The molecule has 176 valence electrons. The van der Waals surface area contributed by atoms with Gasteiger partial charge in [0, 0.05) is 19.6 Å².